The monoisotopic (exact) mass is 254 g/mol. The number of fused-ring (bicyclic) bond motifs is 1. The van der Waals surface area contributed by atoms with E-state index in [9.17, 15) is 4.79 Å². The number of hydrogen-bond acceptors (Lipinski definition) is 2. The molecule has 1 aromatic carbocycles. The zero-order chi connectivity index (χ0) is 9.26. The second kappa shape index (κ2) is 3.60. The molecule has 0 amide bonds. The van der Waals surface area contributed by atoms with Gasteiger partial charge >= 0.3 is 0 Å². The number of aldehydes is 1. The first kappa shape index (κ1) is 8.91. The SMILES string of the molecule is O=CC(Br)c1ccc2sccc2c1. The molecular weight excluding hydrogens is 248 g/mol. The summed E-state index contributed by atoms with van der Waals surface area (Å²) in [6.07, 6.45) is 0.896. The van der Waals surface area contributed by atoms with E-state index in [-0.39, 0.29) is 4.83 Å². The smallest absolute Gasteiger partial charge is 0.138 e. The van der Waals surface area contributed by atoms with Crippen LogP contribution >= 0.6 is 27.3 Å². The van der Waals surface area contributed by atoms with E-state index in [2.05, 4.69) is 27.4 Å². The Hall–Kier alpha value is -0.670. The van der Waals surface area contributed by atoms with Crippen molar-refractivity contribution in [3.8, 4) is 0 Å². The van der Waals surface area contributed by atoms with Gasteiger partial charge in [-0.2, -0.15) is 0 Å². The van der Waals surface area contributed by atoms with E-state index < -0.39 is 0 Å². The Bertz CT molecular complexity index is 435. The summed E-state index contributed by atoms with van der Waals surface area (Å²) in [4.78, 5) is 10.4. The molecule has 0 aliphatic carbocycles. The highest BCUT2D eigenvalue weighted by molar-refractivity contribution is 9.09. The predicted molar refractivity (Wildman–Crippen MR) is 59.6 cm³/mol. The van der Waals surface area contributed by atoms with Crippen molar-refractivity contribution in [2.45, 2.75) is 4.83 Å². The van der Waals surface area contributed by atoms with Gasteiger partial charge in [0.15, 0.2) is 0 Å². The van der Waals surface area contributed by atoms with E-state index in [0.717, 1.165) is 11.8 Å². The van der Waals surface area contributed by atoms with E-state index in [0.29, 0.717) is 0 Å². The van der Waals surface area contributed by atoms with Crippen LogP contribution in [0.2, 0.25) is 0 Å². The third-order valence-electron chi connectivity index (χ3n) is 1.91. The van der Waals surface area contributed by atoms with Crippen LogP contribution in [0.1, 0.15) is 10.4 Å². The van der Waals surface area contributed by atoms with Crippen LogP contribution in [0.5, 0.6) is 0 Å². The van der Waals surface area contributed by atoms with Crippen LogP contribution in [0.4, 0.5) is 0 Å². The zero-order valence-electron chi connectivity index (χ0n) is 6.74. The lowest BCUT2D eigenvalue weighted by Crippen LogP contribution is -1.88. The molecule has 0 fully saturated rings. The van der Waals surface area contributed by atoms with E-state index in [1.807, 2.05) is 18.2 Å². The molecule has 0 bridgehead atoms. The summed E-state index contributed by atoms with van der Waals surface area (Å²) in [5.74, 6) is 0. The van der Waals surface area contributed by atoms with Crippen molar-refractivity contribution in [3.63, 3.8) is 0 Å². The molecule has 2 aromatic rings. The number of thiophene rings is 1. The van der Waals surface area contributed by atoms with Crippen LogP contribution in [0, 0.1) is 0 Å². The lowest BCUT2D eigenvalue weighted by atomic mass is 10.1. The molecule has 0 N–H and O–H groups in total. The fraction of sp³-hybridized carbons (Fsp3) is 0.100. The minimum atomic E-state index is -0.184. The number of alkyl halides is 1. The molecular formula is C10H7BrOS. The maximum absolute atomic E-state index is 10.5. The Kier molecular flexibility index (Phi) is 2.47. The molecule has 0 saturated carbocycles. The number of carbonyl (C=O) groups is 1. The average molecular weight is 255 g/mol. The summed E-state index contributed by atoms with van der Waals surface area (Å²) < 4.78 is 1.26. The van der Waals surface area contributed by atoms with Gasteiger partial charge in [0.1, 0.15) is 6.29 Å². The first-order valence-electron chi connectivity index (χ1n) is 3.88. The van der Waals surface area contributed by atoms with Gasteiger partial charge in [0.2, 0.25) is 0 Å². The summed E-state index contributed by atoms with van der Waals surface area (Å²) in [7, 11) is 0. The topological polar surface area (TPSA) is 17.1 Å². The fourth-order valence-corrected chi connectivity index (χ4v) is 2.29. The molecule has 13 heavy (non-hydrogen) atoms. The quantitative estimate of drug-likeness (QED) is 0.592. The maximum atomic E-state index is 10.5. The first-order valence-corrected chi connectivity index (χ1v) is 5.67. The highest BCUT2D eigenvalue weighted by Gasteiger charge is 2.05. The fourth-order valence-electron chi connectivity index (χ4n) is 1.24. The highest BCUT2D eigenvalue weighted by Crippen LogP contribution is 2.27. The van der Waals surface area contributed by atoms with Crippen LogP contribution in [0.25, 0.3) is 10.1 Å². The van der Waals surface area contributed by atoms with Crippen molar-refractivity contribution >= 4 is 43.6 Å². The summed E-state index contributed by atoms with van der Waals surface area (Å²) in [5.41, 5.74) is 1.01. The van der Waals surface area contributed by atoms with E-state index >= 15 is 0 Å². The molecule has 66 valence electrons. The van der Waals surface area contributed by atoms with Gasteiger partial charge in [0.25, 0.3) is 0 Å². The molecule has 0 saturated heterocycles. The Morgan fingerprint density at radius 1 is 1.38 bits per heavy atom. The highest BCUT2D eigenvalue weighted by atomic mass is 79.9. The third kappa shape index (κ3) is 1.67. The number of halogens is 1. The molecule has 0 spiro atoms. The Morgan fingerprint density at radius 2 is 2.23 bits per heavy atom. The summed E-state index contributed by atoms with van der Waals surface area (Å²) in [6, 6.07) is 8.13. The Labute approximate surface area is 88.5 Å². The van der Waals surface area contributed by atoms with Gasteiger partial charge in [-0.25, -0.2) is 0 Å². The van der Waals surface area contributed by atoms with Crippen molar-refractivity contribution in [1.29, 1.82) is 0 Å². The van der Waals surface area contributed by atoms with Gasteiger partial charge in [0, 0.05) is 4.70 Å². The van der Waals surface area contributed by atoms with Crippen molar-refractivity contribution in [2.75, 3.05) is 0 Å². The van der Waals surface area contributed by atoms with Gasteiger partial charge in [-0.1, -0.05) is 22.0 Å². The van der Waals surface area contributed by atoms with Crippen molar-refractivity contribution in [3.05, 3.63) is 35.2 Å². The van der Waals surface area contributed by atoms with Gasteiger partial charge < -0.3 is 4.79 Å². The summed E-state index contributed by atoms with van der Waals surface area (Å²) in [6.45, 7) is 0. The van der Waals surface area contributed by atoms with Crippen LogP contribution in [-0.2, 0) is 4.79 Å². The second-order valence-electron chi connectivity index (χ2n) is 2.76. The van der Waals surface area contributed by atoms with Crippen molar-refractivity contribution in [2.24, 2.45) is 0 Å². The second-order valence-corrected chi connectivity index (χ2v) is 4.69. The largest absolute Gasteiger partial charge is 0.302 e. The molecule has 0 radical (unpaired) electrons. The normalized spacial score (nSPS) is 13.0. The standard InChI is InChI=1S/C10H7BrOS/c11-9(6-12)7-1-2-10-8(5-7)3-4-13-10/h1-6,9H. The van der Waals surface area contributed by atoms with E-state index in [4.69, 9.17) is 0 Å². The molecule has 0 aliphatic rings. The van der Waals surface area contributed by atoms with Crippen LogP contribution in [0.15, 0.2) is 29.6 Å². The van der Waals surface area contributed by atoms with Gasteiger partial charge in [-0.05, 0) is 34.5 Å². The minimum Gasteiger partial charge on any atom is -0.302 e. The molecule has 1 aromatic heterocycles. The molecule has 1 unspecified atom stereocenters. The number of carbonyl (C=O) groups excluding carboxylic acids is 1. The van der Waals surface area contributed by atoms with Crippen molar-refractivity contribution in [1.82, 2.24) is 0 Å². The maximum Gasteiger partial charge on any atom is 0.138 e. The molecule has 1 heterocycles. The van der Waals surface area contributed by atoms with E-state index in [1.54, 1.807) is 11.3 Å². The number of rotatable bonds is 2. The molecule has 1 nitrogen and oxygen atoms in total. The number of hydrogen-bond donors (Lipinski definition) is 0. The zero-order valence-corrected chi connectivity index (χ0v) is 9.14. The van der Waals surface area contributed by atoms with Crippen LogP contribution in [0.3, 0.4) is 0 Å². The first-order chi connectivity index (χ1) is 6.31. The lowest BCUT2D eigenvalue weighted by Gasteiger charge is -2.01. The van der Waals surface area contributed by atoms with Gasteiger partial charge in [-0.15, -0.1) is 11.3 Å². The van der Waals surface area contributed by atoms with Crippen LogP contribution in [-0.4, -0.2) is 6.29 Å². The Morgan fingerprint density at radius 3 is 3.00 bits per heavy atom. The summed E-state index contributed by atoms with van der Waals surface area (Å²) in [5, 5.41) is 3.26. The molecule has 3 heteroatoms. The van der Waals surface area contributed by atoms with Gasteiger partial charge in [-0.3, -0.25) is 0 Å². The molecule has 1 atom stereocenters. The minimum absolute atomic E-state index is 0.184. The molecule has 2 rings (SSSR count). The Balaban J connectivity index is 2.53. The molecule has 0 aliphatic heterocycles. The average Bonchev–Trinajstić information content (AvgIpc) is 2.63. The summed E-state index contributed by atoms with van der Waals surface area (Å²) >= 11 is 5.01. The van der Waals surface area contributed by atoms with Gasteiger partial charge in [0.05, 0.1) is 4.83 Å². The lowest BCUT2D eigenvalue weighted by molar-refractivity contribution is -0.107. The third-order valence-corrected chi connectivity index (χ3v) is 3.56. The van der Waals surface area contributed by atoms with Crippen LogP contribution < -0.4 is 0 Å². The van der Waals surface area contributed by atoms with Crippen molar-refractivity contribution < 1.29 is 4.79 Å². The number of benzene rings is 1. The van der Waals surface area contributed by atoms with E-state index in [1.165, 1.54) is 10.1 Å². The predicted octanol–water partition coefficient (Wildman–Crippen LogP) is 3.54.